The first kappa shape index (κ1) is 14.6. The van der Waals surface area contributed by atoms with E-state index in [0.717, 1.165) is 0 Å². The average Bonchev–Trinajstić information content (AvgIpc) is 2.37. The molecule has 4 nitrogen and oxygen atoms in total. The van der Waals surface area contributed by atoms with Crippen LogP contribution in [0, 0.1) is 0 Å². The van der Waals surface area contributed by atoms with Gasteiger partial charge in [0, 0.05) is 31.4 Å². The molecule has 104 valence electrons. The first-order chi connectivity index (χ1) is 8.90. The number of nitrogens with zero attached hydrogens (tertiary/aromatic N) is 3. The van der Waals surface area contributed by atoms with Crippen molar-refractivity contribution < 1.29 is 4.79 Å². The Bertz CT molecular complexity index is 483. The molecule has 2 atom stereocenters. The highest BCUT2D eigenvalue weighted by molar-refractivity contribution is 6.35. The zero-order valence-electron chi connectivity index (χ0n) is 11.2. The van der Waals surface area contributed by atoms with E-state index in [4.69, 9.17) is 23.2 Å². The summed E-state index contributed by atoms with van der Waals surface area (Å²) in [6.07, 6.45) is 1.42. The quantitative estimate of drug-likeness (QED) is 0.748. The minimum absolute atomic E-state index is 0.0823. The van der Waals surface area contributed by atoms with Crippen LogP contribution in [0.2, 0.25) is 10.2 Å². The summed E-state index contributed by atoms with van der Waals surface area (Å²) in [5, 5.41) is 0.622. The Labute approximate surface area is 123 Å². The number of rotatable bonds is 1. The van der Waals surface area contributed by atoms with E-state index in [1.165, 1.54) is 12.3 Å². The van der Waals surface area contributed by atoms with E-state index in [1.807, 2.05) is 4.90 Å². The van der Waals surface area contributed by atoms with Gasteiger partial charge >= 0.3 is 0 Å². The van der Waals surface area contributed by atoms with E-state index >= 15 is 0 Å². The van der Waals surface area contributed by atoms with Crippen molar-refractivity contribution in [3.63, 3.8) is 0 Å². The summed E-state index contributed by atoms with van der Waals surface area (Å²) in [6, 6.07) is 2.17. The van der Waals surface area contributed by atoms with Crippen molar-refractivity contribution in [1.82, 2.24) is 14.8 Å². The van der Waals surface area contributed by atoms with Crippen molar-refractivity contribution in [2.24, 2.45) is 0 Å². The first-order valence-corrected chi connectivity index (χ1v) is 6.98. The van der Waals surface area contributed by atoms with Crippen molar-refractivity contribution >= 4 is 29.1 Å². The van der Waals surface area contributed by atoms with E-state index < -0.39 is 0 Å². The van der Waals surface area contributed by atoms with Crippen LogP contribution in [0.15, 0.2) is 12.3 Å². The van der Waals surface area contributed by atoms with Gasteiger partial charge in [0.1, 0.15) is 5.15 Å². The molecule has 0 aromatic carbocycles. The number of pyridine rings is 1. The summed E-state index contributed by atoms with van der Waals surface area (Å²) in [4.78, 5) is 20.5. The molecule has 2 unspecified atom stereocenters. The summed E-state index contributed by atoms with van der Waals surface area (Å²) < 4.78 is 0. The molecule has 1 amide bonds. The van der Waals surface area contributed by atoms with Crippen molar-refractivity contribution in [2.45, 2.75) is 25.9 Å². The third kappa shape index (κ3) is 3.02. The van der Waals surface area contributed by atoms with Crippen LogP contribution in [0.1, 0.15) is 24.2 Å². The van der Waals surface area contributed by atoms with Gasteiger partial charge in [-0.05, 0) is 27.0 Å². The van der Waals surface area contributed by atoms with E-state index in [0.29, 0.717) is 35.8 Å². The predicted molar refractivity (Wildman–Crippen MR) is 76.8 cm³/mol. The minimum atomic E-state index is -0.0823. The largest absolute Gasteiger partial charge is 0.335 e. The first-order valence-electron chi connectivity index (χ1n) is 6.22. The molecule has 0 saturated carbocycles. The summed E-state index contributed by atoms with van der Waals surface area (Å²) in [5.41, 5.74) is 0.422. The van der Waals surface area contributed by atoms with Crippen LogP contribution in [-0.4, -0.2) is 52.9 Å². The topological polar surface area (TPSA) is 36.4 Å². The van der Waals surface area contributed by atoms with E-state index in [9.17, 15) is 4.79 Å². The molecule has 2 rings (SSSR count). The van der Waals surface area contributed by atoms with Gasteiger partial charge in [0.2, 0.25) is 0 Å². The molecule has 0 radical (unpaired) electrons. The number of hydrogen-bond acceptors (Lipinski definition) is 3. The molecule has 2 heterocycles. The SMILES string of the molecule is CC1CN(C(=O)c2cc(Cl)ncc2Cl)CC(C)N1C. The second-order valence-electron chi connectivity index (χ2n) is 5.06. The Balaban J connectivity index is 2.22. The lowest BCUT2D eigenvalue weighted by Crippen LogP contribution is -2.56. The molecule has 1 fully saturated rings. The van der Waals surface area contributed by atoms with Crippen LogP contribution >= 0.6 is 23.2 Å². The second-order valence-corrected chi connectivity index (χ2v) is 5.85. The standard InChI is InChI=1S/C13H17Cl2N3O/c1-8-6-18(7-9(2)17(8)3)13(19)10-4-12(15)16-5-11(10)14/h4-5,8-9H,6-7H2,1-3H3. The fraction of sp³-hybridized carbons (Fsp3) is 0.538. The maximum Gasteiger partial charge on any atom is 0.255 e. The maximum atomic E-state index is 12.5. The van der Waals surface area contributed by atoms with Gasteiger partial charge in [-0.25, -0.2) is 4.98 Å². The van der Waals surface area contributed by atoms with Crippen LogP contribution in [0.25, 0.3) is 0 Å². The second kappa shape index (κ2) is 5.65. The third-order valence-corrected chi connectivity index (χ3v) is 4.21. The van der Waals surface area contributed by atoms with E-state index in [2.05, 4.69) is 30.8 Å². The lowest BCUT2D eigenvalue weighted by molar-refractivity contribution is 0.0414. The number of carbonyl (C=O) groups is 1. The third-order valence-electron chi connectivity index (χ3n) is 3.70. The minimum Gasteiger partial charge on any atom is -0.335 e. The monoisotopic (exact) mass is 301 g/mol. The molecular formula is C13H17Cl2N3O. The number of carbonyl (C=O) groups excluding carboxylic acids is 1. The predicted octanol–water partition coefficient (Wildman–Crippen LogP) is 2.55. The zero-order chi connectivity index (χ0) is 14.2. The highest BCUT2D eigenvalue weighted by Gasteiger charge is 2.30. The molecule has 1 aliphatic rings. The molecule has 0 N–H and O–H groups in total. The fourth-order valence-electron chi connectivity index (χ4n) is 2.32. The van der Waals surface area contributed by atoms with Gasteiger partial charge < -0.3 is 4.90 Å². The Morgan fingerprint density at radius 3 is 2.47 bits per heavy atom. The van der Waals surface area contributed by atoms with Crippen LogP contribution in [-0.2, 0) is 0 Å². The lowest BCUT2D eigenvalue weighted by atomic mass is 10.1. The molecule has 0 spiro atoms. The summed E-state index contributed by atoms with van der Waals surface area (Å²) in [7, 11) is 2.08. The number of amides is 1. The molecule has 6 heteroatoms. The molecule has 1 aromatic rings. The summed E-state index contributed by atoms with van der Waals surface area (Å²) in [5.74, 6) is -0.0823. The maximum absolute atomic E-state index is 12.5. The normalized spacial score (nSPS) is 24.6. The summed E-state index contributed by atoms with van der Waals surface area (Å²) in [6.45, 7) is 5.60. The van der Waals surface area contributed by atoms with E-state index in [1.54, 1.807) is 0 Å². The summed E-state index contributed by atoms with van der Waals surface area (Å²) >= 11 is 11.9. The highest BCUT2D eigenvalue weighted by atomic mass is 35.5. The Morgan fingerprint density at radius 2 is 1.89 bits per heavy atom. The van der Waals surface area contributed by atoms with Crippen molar-refractivity contribution in [3.8, 4) is 0 Å². The van der Waals surface area contributed by atoms with Gasteiger partial charge in [-0.15, -0.1) is 0 Å². The molecule has 19 heavy (non-hydrogen) atoms. The van der Waals surface area contributed by atoms with Gasteiger partial charge in [0.25, 0.3) is 5.91 Å². The van der Waals surface area contributed by atoms with Gasteiger partial charge in [-0.3, -0.25) is 9.69 Å². The smallest absolute Gasteiger partial charge is 0.255 e. The highest BCUT2D eigenvalue weighted by Crippen LogP contribution is 2.22. The van der Waals surface area contributed by atoms with Crippen molar-refractivity contribution in [3.05, 3.63) is 28.0 Å². The molecule has 1 aromatic heterocycles. The van der Waals surface area contributed by atoms with Crippen LogP contribution in [0.4, 0.5) is 0 Å². The molecule has 0 bridgehead atoms. The molecule has 1 aliphatic heterocycles. The van der Waals surface area contributed by atoms with Crippen LogP contribution < -0.4 is 0 Å². The molecule has 0 aliphatic carbocycles. The lowest BCUT2D eigenvalue weighted by Gasteiger charge is -2.42. The van der Waals surface area contributed by atoms with Gasteiger partial charge in [0.05, 0.1) is 10.6 Å². The van der Waals surface area contributed by atoms with Crippen LogP contribution in [0.5, 0.6) is 0 Å². The Kier molecular flexibility index (Phi) is 4.33. The van der Waals surface area contributed by atoms with Crippen LogP contribution in [0.3, 0.4) is 0 Å². The average molecular weight is 302 g/mol. The number of hydrogen-bond donors (Lipinski definition) is 0. The number of aromatic nitrogens is 1. The Morgan fingerprint density at radius 1 is 1.32 bits per heavy atom. The number of likely N-dealkylation sites (N-methyl/N-ethyl adjacent to an activating group) is 1. The fourth-order valence-corrected chi connectivity index (χ4v) is 2.66. The van der Waals surface area contributed by atoms with Gasteiger partial charge in [-0.1, -0.05) is 23.2 Å². The van der Waals surface area contributed by atoms with Crippen molar-refractivity contribution in [2.75, 3.05) is 20.1 Å². The number of halogens is 2. The zero-order valence-corrected chi connectivity index (χ0v) is 12.7. The van der Waals surface area contributed by atoms with Crippen molar-refractivity contribution in [1.29, 1.82) is 0 Å². The van der Waals surface area contributed by atoms with Gasteiger partial charge in [0.15, 0.2) is 0 Å². The molecular weight excluding hydrogens is 285 g/mol. The Hall–Kier alpha value is -0.840. The number of piperazine rings is 1. The van der Waals surface area contributed by atoms with E-state index in [-0.39, 0.29) is 11.1 Å². The van der Waals surface area contributed by atoms with Gasteiger partial charge in [-0.2, -0.15) is 0 Å². The molecule has 1 saturated heterocycles.